The Kier molecular flexibility index (Phi) is 3.62. The van der Waals surface area contributed by atoms with Crippen molar-refractivity contribution in [3.8, 4) is 0 Å². The van der Waals surface area contributed by atoms with Gasteiger partial charge in [-0.2, -0.15) is 0 Å². The van der Waals surface area contributed by atoms with Crippen molar-refractivity contribution in [2.75, 3.05) is 13.7 Å². The van der Waals surface area contributed by atoms with E-state index in [0.29, 0.717) is 0 Å². The zero-order valence-electron chi connectivity index (χ0n) is 9.65. The number of rotatable bonds is 3. The SMILES string of the molecule is CO[C@@H]1[C@H](O)[C@@H](CO)O[C@@H]1n1ccc(=O)[nH]c1=O. The lowest BCUT2D eigenvalue weighted by atomic mass is 10.1. The largest absolute Gasteiger partial charge is 0.394 e. The van der Waals surface area contributed by atoms with Gasteiger partial charge in [-0.05, 0) is 0 Å². The highest BCUT2D eigenvalue weighted by atomic mass is 16.6. The van der Waals surface area contributed by atoms with Gasteiger partial charge in [0.2, 0.25) is 0 Å². The second-order valence-corrected chi connectivity index (χ2v) is 3.96. The third kappa shape index (κ3) is 2.10. The van der Waals surface area contributed by atoms with E-state index in [2.05, 4.69) is 4.98 Å². The molecule has 0 unspecified atom stereocenters. The maximum absolute atomic E-state index is 11.6. The number of hydrogen-bond donors (Lipinski definition) is 3. The molecule has 0 spiro atoms. The fourth-order valence-corrected chi connectivity index (χ4v) is 1.98. The summed E-state index contributed by atoms with van der Waals surface area (Å²) in [6.07, 6.45) is -2.33. The van der Waals surface area contributed by atoms with Gasteiger partial charge in [-0.3, -0.25) is 14.3 Å². The third-order valence-corrected chi connectivity index (χ3v) is 2.89. The third-order valence-electron chi connectivity index (χ3n) is 2.89. The Hall–Kier alpha value is -1.48. The number of methoxy groups -OCH3 is 1. The van der Waals surface area contributed by atoms with Crippen LogP contribution in [0.5, 0.6) is 0 Å². The van der Waals surface area contributed by atoms with Crippen molar-refractivity contribution >= 4 is 0 Å². The van der Waals surface area contributed by atoms with Gasteiger partial charge in [0.05, 0.1) is 6.61 Å². The average molecular weight is 258 g/mol. The Morgan fingerprint density at radius 1 is 1.56 bits per heavy atom. The van der Waals surface area contributed by atoms with E-state index in [4.69, 9.17) is 14.6 Å². The smallest absolute Gasteiger partial charge is 0.330 e. The lowest BCUT2D eigenvalue weighted by Gasteiger charge is -2.19. The maximum Gasteiger partial charge on any atom is 0.330 e. The van der Waals surface area contributed by atoms with Crippen molar-refractivity contribution in [2.45, 2.75) is 24.5 Å². The minimum Gasteiger partial charge on any atom is -0.394 e. The molecule has 1 aromatic heterocycles. The van der Waals surface area contributed by atoms with Crippen molar-refractivity contribution in [1.29, 1.82) is 0 Å². The Balaban J connectivity index is 2.38. The molecule has 0 saturated carbocycles. The van der Waals surface area contributed by atoms with Gasteiger partial charge in [-0.15, -0.1) is 0 Å². The minimum atomic E-state index is -1.05. The number of aliphatic hydroxyl groups is 2. The number of hydrogen-bond acceptors (Lipinski definition) is 6. The van der Waals surface area contributed by atoms with Crippen molar-refractivity contribution in [1.82, 2.24) is 9.55 Å². The summed E-state index contributed by atoms with van der Waals surface area (Å²) in [5.41, 5.74) is -1.19. The standard InChI is InChI=1S/C10H14N2O6/c1-17-8-7(15)5(4-13)18-9(8)12-3-2-6(14)11-10(12)16/h2-3,5,7-9,13,15H,4H2,1H3,(H,11,14,16)/t5-,7-,8-,9+/m1/s1. The molecule has 0 radical (unpaired) electrons. The number of aromatic amines is 1. The van der Waals surface area contributed by atoms with Gasteiger partial charge < -0.3 is 19.7 Å². The number of aromatic nitrogens is 2. The van der Waals surface area contributed by atoms with E-state index in [0.717, 1.165) is 10.6 Å². The number of nitrogens with one attached hydrogen (secondary N) is 1. The average Bonchev–Trinajstić information content (AvgIpc) is 2.65. The molecule has 18 heavy (non-hydrogen) atoms. The summed E-state index contributed by atoms with van der Waals surface area (Å²) in [4.78, 5) is 24.7. The molecule has 2 heterocycles. The molecule has 1 aliphatic rings. The molecular formula is C10H14N2O6. The van der Waals surface area contributed by atoms with E-state index in [-0.39, 0.29) is 0 Å². The van der Waals surface area contributed by atoms with Gasteiger partial charge in [0, 0.05) is 19.4 Å². The molecule has 1 aliphatic heterocycles. The van der Waals surface area contributed by atoms with E-state index in [9.17, 15) is 14.7 Å². The van der Waals surface area contributed by atoms with Crippen LogP contribution in [0, 0.1) is 0 Å². The van der Waals surface area contributed by atoms with Crippen LogP contribution in [0.25, 0.3) is 0 Å². The Morgan fingerprint density at radius 3 is 2.83 bits per heavy atom. The predicted molar refractivity (Wildman–Crippen MR) is 59.1 cm³/mol. The monoisotopic (exact) mass is 258 g/mol. The second-order valence-electron chi connectivity index (χ2n) is 3.96. The summed E-state index contributed by atoms with van der Waals surface area (Å²) in [5.74, 6) is 0. The minimum absolute atomic E-state index is 0.393. The van der Waals surface area contributed by atoms with Crippen molar-refractivity contribution in [2.24, 2.45) is 0 Å². The predicted octanol–water partition coefficient (Wildman–Crippen LogP) is -2.20. The van der Waals surface area contributed by atoms with Crippen molar-refractivity contribution in [3.63, 3.8) is 0 Å². The normalized spacial score (nSPS) is 31.7. The number of ether oxygens (including phenoxy) is 2. The lowest BCUT2D eigenvalue weighted by Crippen LogP contribution is -2.38. The molecule has 0 aliphatic carbocycles. The van der Waals surface area contributed by atoms with E-state index in [1.54, 1.807) is 0 Å². The van der Waals surface area contributed by atoms with E-state index in [1.165, 1.54) is 13.3 Å². The lowest BCUT2D eigenvalue weighted by molar-refractivity contribution is -0.0625. The molecule has 8 nitrogen and oxygen atoms in total. The maximum atomic E-state index is 11.6. The summed E-state index contributed by atoms with van der Waals surface area (Å²) in [6, 6.07) is 1.16. The first-order valence-electron chi connectivity index (χ1n) is 5.37. The van der Waals surface area contributed by atoms with Crippen LogP contribution in [0.1, 0.15) is 6.23 Å². The summed E-state index contributed by atoms with van der Waals surface area (Å²) < 4.78 is 11.5. The van der Waals surface area contributed by atoms with Gasteiger partial charge in [-0.1, -0.05) is 0 Å². The zero-order valence-corrected chi connectivity index (χ0v) is 9.65. The van der Waals surface area contributed by atoms with Crippen LogP contribution in [0.4, 0.5) is 0 Å². The van der Waals surface area contributed by atoms with Crippen molar-refractivity contribution in [3.05, 3.63) is 33.1 Å². The molecule has 3 N–H and O–H groups in total. The summed E-state index contributed by atoms with van der Waals surface area (Å²) in [7, 11) is 1.36. The molecule has 0 amide bonds. The molecular weight excluding hydrogens is 244 g/mol. The number of nitrogens with zero attached hydrogens (tertiary/aromatic N) is 1. The number of aliphatic hydroxyl groups excluding tert-OH is 2. The first kappa shape index (κ1) is 13.0. The van der Waals surface area contributed by atoms with Gasteiger partial charge in [0.25, 0.3) is 5.56 Å². The van der Waals surface area contributed by atoms with Crippen molar-refractivity contribution < 1.29 is 19.7 Å². The Morgan fingerprint density at radius 2 is 2.28 bits per heavy atom. The topological polar surface area (TPSA) is 114 Å². The first-order chi connectivity index (χ1) is 8.58. The van der Waals surface area contributed by atoms with Crippen LogP contribution in [0.2, 0.25) is 0 Å². The second kappa shape index (κ2) is 5.02. The zero-order chi connectivity index (χ0) is 13.3. The first-order valence-corrected chi connectivity index (χ1v) is 5.37. The summed E-state index contributed by atoms with van der Waals surface area (Å²) in [6.45, 7) is -0.393. The molecule has 2 rings (SSSR count). The number of H-pyrrole nitrogens is 1. The van der Waals surface area contributed by atoms with Gasteiger partial charge >= 0.3 is 5.69 Å². The molecule has 8 heteroatoms. The summed E-state index contributed by atoms with van der Waals surface area (Å²) >= 11 is 0. The Labute approximate surface area is 101 Å². The molecule has 100 valence electrons. The highest BCUT2D eigenvalue weighted by Crippen LogP contribution is 2.29. The van der Waals surface area contributed by atoms with Crippen LogP contribution < -0.4 is 11.2 Å². The fourth-order valence-electron chi connectivity index (χ4n) is 1.98. The molecule has 1 aromatic rings. The highest BCUT2D eigenvalue weighted by molar-refractivity contribution is 4.93. The van der Waals surface area contributed by atoms with Crippen LogP contribution in [0.15, 0.2) is 21.9 Å². The highest BCUT2D eigenvalue weighted by Gasteiger charge is 2.45. The van der Waals surface area contributed by atoms with Crippen LogP contribution in [-0.4, -0.2) is 51.8 Å². The molecule has 1 saturated heterocycles. The summed E-state index contributed by atoms with van der Waals surface area (Å²) in [5, 5.41) is 18.9. The van der Waals surface area contributed by atoms with Gasteiger partial charge in [0.1, 0.15) is 18.3 Å². The van der Waals surface area contributed by atoms with Gasteiger partial charge in [0.15, 0.2) is 6.23 Å². The van der Waals surface area contributed by atoms with Crippen LogP contribution in [-0.2, 0) is 9.47 Å². The Bertz CT molecular complexity index is 524. The fraction of sp³-hybridized carbons (Fsp3) is 0.600. The molecule has 0 aromatic carbocycles. The van der Waals surface area contributed by atoms with E-state index >= 15 is 0 Å². The molecule has 0 bridgehead atoms. The molecule has 1 fully saturated rings. The quantitative estimate of drug-likeness (QED) is 0.567. The van der Waals surface area contributed by atoms with Crippen LogP contribution >= 0.6 is 0 Å². The molecule has 4 atom stereocenters. The van der Waals surface area contributed by atoms with E-state index in [1.807, 2.05) is 0 Å². The van der Waals surface area contributed by atoms with E-state index < -0.39 is 42.4 Å². The van der Waals surface area contributed by atoms with Gasteiger partial charge in [-0.25, -0.2) is 4.79 Å². The van der Waals surface area contributed by atoms with Crippen LogP contribution in [0.3, 0.4) is 0 Å².